The van der Waals surface area contributed by atoms with E-state index in [1.807, 2.05) is 11.8 Å². The quantitative estimate of drug-likeness (QED) is 0.578. The van der Waals surface area contributed by atoms with E-state index in [0.29, 0.717) is 0 Å². The lowest BCUT2D eigenvalue weighted by Gasteiger charge is -2.34. The van der Waals surface area contributed by atoms with Crippen molar-refractivity contribution in [2.45, 2.75) is 19.4 Å². The number of benzene rings is 1. The predicted molar refractivity (Wildman–Crippen MR) is 105 cm³/mol. The smallest absolute Gasteiger partial charge is 0.169 e. The number of fused-ring (bicyclic) bond motifs is 1. The Balaban J connectivity index is 1.41. The number of nitrogens with one attached hydrogen (secondary N) is 2. The third-order valence-corrected chi connectivity index (χ3v) is 5.87. The second kappa shape index (κ2) is 8.92. The first kappa shape index (κ1) is 17.8. The van der Waals surface area contributed by atoms with Crippen LogP contribution in [0.4, 0.5) is 0 Å². The largest absolute Gasteiger partial charge is 0.493 e. The van der Waals surface area contributed by atoms with Crippen LogP contribution in [0.2, 0.25) is 0 Å². The number of quaternary nitrogens is 1. The van der Waals surface area contributed by atoms with Gasteiger partial charge in [-0.05, 0) is 54.4 Å². The highest BCUT2D eigenvalue weighted by Gasteiger charge is 2.22. The molecule has 3 rings (SSSR count). The summed E-state index contributed by atoms with van der Waals surface area (Å²) < 4.78 is 5.60. The molecule has 0 aliphatic carbocycles. The number of rotatable bonds is 6. The van der Waals surface area contributed by atoms with Gasteiger partial charge in [-0.2, -0.15) is 11.8 Å². The molecule has 0 unspecified atom stereocenters. The van der Waals surface area contributed by atoms with Crippen LogP contribution in [-0.2, 0) is 13.0 Å². The van der Waals surface area contributed by atoms with E-state index >= 15 is 0 Å². The van der Waals surface area contributed by atoms with Crippen LogP contribution in [0.15, 0.2) is 18.2 Å². The van der Waals surface area contributed by atoms with Crippen LogP contribution >= 0.6 is 24.0 Å². The summed E-state index contributed by atoms with van der Waals surface area (Å²) in [6.45, 7) is 7.35. The lowest BCUT2D eigenvalue weighted by atomic mass is 10.1. The summed E-state index contributed by atoms with van der Waals surface area (Å²) in [5.74, 6) is 2.27. The van der Waals surface area contributed by atoms with Crippen LogP contribution in [0.25, 0.3) is 0 Å². The zero-order chi connectivity index (χ0) is 16.8. The van der Waals surface area contributed by atoms with Crippen molar-refractivity contribution in [2.75, 3.05) is 51.3 Å². The van der Waals surface area contributed by atoms with Gasteiger partial charge in [0.1, 0.15) is 12.3 Å². The lowest BCUT2D eigenvalue weighted by molar-refractivity contribution is -0.917. The summed E-state index contributed by atoms with van der Waals surface area (Å²) in [7, 11) is 0. The zero-order valence-electron chi connectivity index (χ0n) is 14.5. The molecule has 4 nitrogen and oxygen atoms in total. The normalized spacial score (nSPS) is 17.5. The van der Waals surface area contributed by atoms with Crippen molar-refractivity contribution in [1.82, 2.24) is 10.2 Å². The summed E-state index contributed by atoms with van der Waals surface area (Å²) in [6.07, 6.45) is 4.38. The fourth-order valence-electron chi connectivity index (χ4n) is 3.36. The number of hydrogen-bond donors (Lipinski definition) is 2. The van der Waals surface area contributed by atoms with Crippen molar-refractivity contribution in [3.63, 3.8) is 0 Å². The molecule has 0 amide bonds. The third-order valence-electron chi connectivity index (χ3n) is 4.77. The molecule has 1 saturated heterocycles. The molecular weight excluding hydrogens is 338 g/mol. The molecule has 0 atom stereocenters. The Hall–Kier alpha value is -0.980. The molecule has 132 valence electrons. The molecule has 2 heterocycles. The first-order chi connectivity index (χ1) is 11.8. The predicted octanol–water partition coefficient (Wildman–Crippen LogP) is 0.950. The third kappa shape index (κ3) is 4.77. The minimum absolute atomic E-state index is 0.839. The fraction of sp³-hybridized carbons (Fsp3) is 0.611. The highest BCUT2D eigenvalue weighted by molar-refractivity contribution is 7.98. The van der Waals surface area contributed by atoms with Crippen molar-refractivity contribution in [2.24, 2.45) is 0 Å². The van der Waals surface area contributed by atoms with Crippen LogP contribution in [0.1, 0.15) is 17.5 Å². The van der Waals surface area contributed by atoms with Crippen molar-refractivity contribution < 1.29 is 9.64 Å². The van der Waals surface area contributed by atoms with Gasteiger partial charge in [-0.15, -0.1) is 0 Å². The van der Waals surface area contributed by atoms with Gasteiger partial charge in [-0.25, -0.2) is 0 Å². The van der Waals surface area contributed by atoms with Gasteiger partial charge in [0.2, 0.25) is 0 Å². The number of ether oxygens (including phenoxy) is 1. The Morgan fingerprint density at radius 2 is 2.21 bits per heavy atom. The van der Waals surface area contributed by atoms with E-state index in [1.165, 1.54) is 23.3 Å². The maximum atomic E-state index is 5.60. The molecule has 0 saturated carbocycles. The van der Waals surface area contributed by atoms with Crippen LogP contribution in [0, 0.1) is 0 Å². The number of hydrogen-bond acceptors (Lipinski definition) is 3. The van der Waals surface area contributed by atoms with Crippen LogP contribution in [-0.4, -0.2) is 61.4 Å². The maximum Gasteiger partial charge on any atom is 0.169 e. The SMILES string of the molecule is CSCCCNC(=S)N1CC[NH+](Cc2ccc3c(c2)CCO3)CC1. The Bertz CT molecular complexity index is 559. The van der Waals surface area contributed by atoms with E-state index < -0.39 is 0 Å². The molecule has 1 aromatic carbocycles. The molecule has 0 bridgehead atoms. The van der Waals surface area contributed by atoms with E-state index in [9.17, 15) is 0 Å². The fourth-order valence-corrected chi connectivity index (χ4v) is 4.08. The lowest BCUT2D eigenvalue weighted by Crippen LogP contribution is -3.13. The molecule has 1 fully saturated rings. The van der Waals surface area contributed by atoms with Crippen LogP contribution < -0.4 is 15.0 Å². The molecule has 2 aliphatic heterocycles. The minimum Gasteiger partial charge on any atom is -0.493 e. The van der Waals surface area contributed by atoms with Gasteiger partial charge < -0.3 is 19.9 Å². The van der Waals surface area contributed by atoms with E-state index in [4.69, 9.17) is 17.0 Å². The Morgan fingerprint density at radius 1 is 1.38 bits per heavy atom. The minimum atomic E-state index is 0.839. The summed E-state index contributed by atoms with van der Waals surface area (Å²) in [5, 5.41) is 4.34. The van der Waals surface area contributed by atoms with Crippen molar-refractivity contribution in [3.8, 4) is 5.75 Å². The zero-order valence-corrected chi connectivity index (χ0v) is 16.1. The number of thioether (sulfide) groups is 1. The first-order valence-corrected chi connectivity index (χ1v) is 10.7. The van der Waals surface area contributed by atoms with Crippen LogP contribution in [0.3, 0.4) is 0 Å². The summed E-state index contributed by atoms with van der Waals surface area (Å²) in [5.41, 5.74) is 2.81. The summed E-state index contributed by atoms with van der Waals surface area (Å²) >= 11 is 7.42. The highest BCUT2D eigenvalue weighted by atomic mass is 32.2. The average molecular weight is 367 g/mol. The molecule has 6 heteroatoms. The molecule has 0 spiro atoms. The molecule has 24 heavy (non-hydrogen) atoms. The number of piperazine rings is 1. The van der Waals surface area contributed by atoms with Gasteiger partial charge in [0.15, 0.2) is 5.11 Å². The Labute approximate surface area is 154 Å². The monoisotopic (exact) mass is 366 g/mol. The topological polar surface area (TPSA) is 28.9 Å². The molecular formula is C18H28N3OS2+. The van der Waals surface area contributed by atoms with Gasteiger partial charge in [0.25, 0.3) is 0 Å². The summed E-state index contributed by atoms with van der Waals surface area (Å²) in [4.78, 5) is 3.98. The van der Waals surface area contributed by atoms with Gasteiger partial charge in [0, 0.05) is 18.5 Å². The van der Waals surface area contributed by atoms with E-state index in [2.05, 4.69) is 34.7 Å². The van der Waals surface area contributed by atoms with Crippen molar-refractivity contribution >= 4 is 29.1 Å². The highest BCUT2D eigenvalue weighted by Crippen LogP contribution is 2.25. The molecule has 2 aliphatic rings. The average Bonchev–Trinajstić information content (AvgIpc) is 3.07. The second-order valence-corrected chi connectivity index (χ2v) is 7.90. The van der Waals surface area contributed by atoms with Gasteiger partial charge in [-0.1, -0.05) is 0 Å². The number of nitrogens with zero attached hydrogens (tertiary/aromatic N) is 1. The van der Waals surface area contributed by atoms with Gasteiger partial charge in [-0.3, -0.25) is 0 Å². The van der Waals surface area contributed by atoms with Gasteiger partial charge in [0.05, 0.1) is 32.8 Å². The second-order valence-electron chi connectivity index (χ2n) is 6.53. The molecule has 0 aromatic heterocycles. The van der Waals surface area contributed by atoms with Crippen molar-refractivity contribution in [3.05, 3.63) is 29.3 Å². The maximum absolute atomic E-state index is 5.60. The Kier molecular flexibility index (Phi) is 6.63. The molecule has 2 N–H and O–H groups in total. The van der Waals surface area contributed by atoms with E-state index in [0.717, 1.165) is 63.2 Å². The summed E-state index contributed by atoms with van der Waals surface area (Å²) in [6, 6.07) is 6.70. The van der Waals surface area contributed by atoms with Gasteiger partial charge >= 0.3 is 0 Å². The van der Waals surface area contributed by atoms with E-state index in [-0.39, 0.29) is 0 Å². The standard InChI is InChI=1S/C18H27N3OS2/c1-24-12-2-6-19-18(23)21-9-7-20(8-10-21)14-15-3-4-17-16(13-15)5-11-22-17/h3-4,13H,2,5-12,14H2,1H3,(H,19,23)/p+1. The molecule has 0 radical (unpaired) electrons. The first-order valence-electron chi connectivity index (χ1n) is 8.86. The Morgan fingerprint density at radius 3 is 3.00 bits per heavy atom. The van der Waals surface area contributed by atoms with Crippen molar-refractivity contribution in [1.29, 1.82) is 0 Å². The number of thiocarbonyl (C=S) groups is 1. The van der Waals surface area contributed by atoms with Crippen LogP contribution in [0.5, 0.6) is 5.75 Å². The molecule has 1 aromatic rings. The van der Waals surface area contributed by atoms with E-state index in [1.54, 1.807) is 4.90 Å².